The predicted molar refractivity (Wildman–Crippen MR) is 95.7 cm³/mol. The summed E-state index contributed by atoms with van der Waals surface area (Å²) in [6.45, 7) is 4.65. The van der Waals surface area contributed by atoms with Gasteiger partial charge in [-0.15, -0.1) is 0 Å². The molecular weight excluding hydrogens is 298 g/mol. The van der Waals surface area contributed by atoms with Crippen molar-refractivity contribution in [3.63, 3.8) is 0 Å². The summed E-state index contributed by atoms with van der Waals surface area (Å²) in [5.41, 5.74) is 0.434. The Bertz CT molecular complexity index is 700. The summed E-state index contributed by atoms with van der Waals surface area (Å²) in [4.78, 5) is 13.2. The van der Waals surface area contributed by atoms with Gasteiger partial charge in [-0.25, -0.2) is 0 Å². The lowest BCUT2D eigenvalue weighted by atomic mass is 9.72. The Labute approximate surface area is 144 Å². The number of piperidine rings is 1. The second-order valence-corrected chi connectivity index (χ2v) is 7.17. The van der Waals surface area contributed by atoms with E-state index in [2.05, 4.69) is 14.0 Å². The predicted octanol–water partition coefficient (Wildman–Crippen LogP) is 3.24. The number of carbonyl (C=O) groups excluding carboxylic acids is 1. The van der Waals surface area contributed by atoms with Gasteiger partial charge in [0.15, 0.2) is 5.78 Å². The van der Waals surface area contributed by atoms with E-state index in [0.29, 0.717) is 18.5 Å². The second kappa shape index (κ2) is 6.50. The number of likely N-dealkylation sites (tertiary alicyclic amines) is 1. The van der Waals surface area contributed by atoms with Crippen LogP contribution in [-0.2, 0) is 5.60 Å². The molecule has 2 aromatic carbocycles. The number of Topliss-reactive ketones (excluding diaryl/α,β-unsaturated/α-hetero) is 1. The lowest BCUT2D eigenvalue weighted by Gasteiger charge is -2.48. The van der Waals surface area contributed by atoms with Crippen LogP contribution in [-0.4, -0.2) is 42.1 Å². The Morgan fingerprint density at radius 1 is 1.12 bits per heavy atom. The highest BCUT2D eigenvalue weighted by Crippen LogP contribution is 2.41. The SMILES string of the molecule is CC[N+]1(C)CCC(O)(c2ccccc2)C(C(=O)c2ccccc2)C1. The van der Waals surface area contributed by atoms with Crippen molar-refractivity contribution in [1.29, 1.82) is 0 Å². The van der Waals surface area contributed by atoms with Crippen molar-refractivity contribution < 1.29 is 14.4 Å². The van der Waals surface area contributed by atoms with Gasteiger partial charge in [0.05, 0.1) is 26.7 Å². The van der Waals surface area contributed by atoms with Gasteiger partial charge in [0.2, 0.25) is 0 Å². The molecule has 3 rings (SSSR count). The van der Waals surface area contributed by atoms with E-state index in [1.54, 1.807) is 0 Å². The Morgan fingerprint density at radius 2 is 1.71 bits per heavy atom. The highest BCUT2D eigenvalue weighted by molar-refractivity contribution is 5.98. The van der Waals surface area contributed by atoms with Gasteiger partial charge >= 0.3 is 0 Å². The number of benzene rings is 2. The maximum atomic E-state index is 13.2. The Balaban J connectivity index is 2.03. The summed E-state index contributed by atoms with van der Waals surface area (Å²) in [6.07, 6.45) is 0.602. The standard InChI is InChI=1S/C21H26NO2/c1-3-22(2)15-14-21(24,18-12-8-5-9-13-18)19(16-22)20(23)17-10-6-4-7-11-17/h4-13,19,24H,3,14-16H2,1-2H3/q+1. The topological polar surface area (TPSA) is 37.3 Å². The summed E-state index contributed by atoms with van der Waals surface area (Å²) in [6, 6.07) is 19.0. The van der Waals surface area contributed by atoms with Crippen LogP contribution in [0.15, 0.2) is 60.7 Å². The number of carbonyl (C=O) groups is 1. The van der Waals surface area contributed by atoms with E-state index in [4.69, 9.17) is 0 Å². The molecule has 24 heavy (non-hydrogen) atoms. The first-order valence-electron chi connectivity index (χ1n) is 8.69. The van der Waals surface area contributed by atoms with E-state index in [0.717, 1.165) is 23.1 Å². The molecule has 1 heterocycles. The van der Waals surface area contributed by atoms with Crippen molar-refractivity contribution in [2.75, 3.05) is 26.7 Å². The first-order chi connectivity index (χ1) is 11.5. The molecule has 0 radical (unpaired) electrons. The number of aliphatic hydroxyl groups is 1. The van der Waals surface area contributed by atoms with Crippen molar-refractivity contribution in [2.24, 2.45) is 5.92 Å². The molecule has 1 aliphatic heterocycles. The number of hydrogen-bond donors (Lipinski definition) is 1. The number of rotatable bonds is 4. The molecule has 1 saturated heterocycles. The zero-order chi connectivity index (χ0) is 17.2. The van der Waals surface area contributed by atoms with Crippen LogP contribution in [0, 0.1) is 5.92 Å². The number of quaternary nitrogens is 1. The minimum absolute atomic E-state index is 0.0412. The van der Waals surface area contributed by atoms with E-state index in [1.807, 2.05) is 60.7 Å². The Morgan fingerprint density at radius 3 is 2.29 bits per heavy atom. The molecule has 1 aliphatic rings. The smallest absolute Gasteiger partial charge is 0.174 e. The minimum atomic E-state index is -1.10. The molecule has 3 heteroatoms. The fourth-order valence-corrected chi connectivity index (χ4v) is 3.76. The summed E-state index contributed by atoms with van der Waals surface area (Å²) >= 11 is 0. The van der Waals surface area contributed by atoms with E-state index in [-0.39, 0.29) is 5.78 Å². The molecule has 3 nitrogen and oxygen atoms in total. The minimum Gasteiger partial charge on any atom is -0.384 e. The maximum Gasteiger partial charge on any atom is 0.174 e. The van der Waals surface area contributed by atoms with E-state index >= 15 is 0 Å². The number of ketones is 1. The van der Waals surface area contributed by atoms with Crippen LogP contribution in [0.2, 0.25) is 0 Å². The van der Waals surface area contributed by atoms with Gasteiger partial charge in [0, 0.05) is 12.0 Å². The third-order valence-corrected chi connectivity index (χ3v) is 5.64. The van der Waals surface area contributed by atoms with Gasteiger partial charge in [-0.05, 0) is 12.5 Å². The van der Waals surface area contributed by atoms with Gasteiger partial charge in [-0.2, -0.15) is 0 Å². The van der Waals surface area contributed by atoms with Gasteiger partial charge in [0.1, 0.15) is 11.5 Å². The molecule has 126 valence electrons. The lowest BCUT2D eigenvalue weighted by molar-refractivity contribution is -0.917. The van der Waals surface area contributed by atoms with E-state index < -0.39 is 11.5 Å². The van der Waals surface area contributed by atoms with Crippen molar-refractivity contribution in [1.82, 2.24) is 0 Å². The van der Waals surface area contributed by atoms with Gasteiger partial charge in [0.25, 0.3) is 0 Å². The zero-order valence-corrected chi connectivity index (χ0v) is 14.5. The lowest BCUT2D eigenvalue weighted by Crippen LogP contribution is -2.60. The van der Waals surface area contributed by atoms with Crippen molar-refractivity contribution in [2.45, 2.75) is 18.9 Å². The van der Waals surface area contributed by atoms with Crippen molar-refractivity contribution >= 4 is 5.78 Å². The van der Waals surface area contributed by atoms with Crippen molar-refractivity contribution in [3.05, 3.63) is 71.8 Å². The summed E-state index contributed by atoms with van der Waals surface area (Å²) < 4.78 is 0.818. The molecular formula is C21H26NO2+. The molecule has 0 aliphatic carbocycles. The van der Waals surface area contributed by atoms with Gasteiger partial charge in [-0.3, -0.25) is 4.79 Å². The molecule has 0 spiro atoms. The molecule has 3 atom stereocenters. The molecule has 1 N–H and O–H groups in total. The van der Waals surface area contributed by atoms with E-state index in [1.165, 1.54) is 0 Å². The fraction of sp³-hybridized carbons (Fsp3) is 0.381. The highest BCUT2D eigenvalue weighted by atomic mass is 16.3. The summed E-state index contributed by atoms with van der Waals surface area (Å²) in [7, 11) is 2.18. The first kappa shape index (κ1) is 16.9. The molecule has 1 fully saturated rings. The van der Waals surface area contributed by atoms with E-state index in [9.17, 15) is 9.90 Å². The Kier molecular flexibility index (Phi) is 4.57. The van der Waals surface area contributed by atoms with Crippen LogP contribution in [0.25, 0.3) is 0 Å². The monoisotopic (exact) mass is 324 g/mol. The average Bonchev–Trinajstić information content (AvgIpc) is 2.65. The third kappa shape index (κ3) is 3.02. The zero-order valence-electron chi connectivity index (χ0n) is 14.5. The van der Waals surface area contributed by atoms with Crippen LogP contribution >= 0.6 is 0 Å². The third-order valence-electron chi connectivity index (χ3n) is 5.64. The average molecular weight is 324 g/mol. The molecule has 0 bridgehead atoms. The van der Waals surface area contributed by atoms with Crippen LogP contribution in [0.1, 0.15) is 29.3 Å². The summed E-state index contributed by atoms with van der Waals surface area (Å²) in [5, 5.41) is 11.5. The Hall–Kier alpha value is -1.97. The number of nitrogens with zero attached hydrogens (tertiary/aromatic N) is 1. The molecule has 0 amide bonds. The van der Waals surface area contributed by atoms with Crippen LogP contribution < -0.4 is 0 Å². The highest BCUT2D eigenvalue weighted by Gasteiger charge is 2.51. The van der Waals surface area contributed by atoms with Crippen molar-refractivity contribution in [3.8, 4) is 0 Å². The second-order valence-electron chi connectivity index (χ2n) is 7.17. The van der Waals surface area contributed by atoms with Crippen LogP contribution in [0.3, 0.4) is 0 Å². The molecule has 0 aromatic heterocycles. The largest absolute Gasteiger partial charge is 0.384 e. The first-order valence-corrected chi connectivity index (χ1v) is 8.69. The fourth-order valence-electron chi connectivity index (χ4n) is 3.76. The molecule has 0 saturated carbocycles. The van der Waals surface area contributed by atoms with Gasteiger partial charge in [-0.1, -0.05) is 60.7 Å². The van der Waals surface area contributed by atoms with Gasteiger partial charge < -0.3 is 9.59 Å². The maximum absolute atomic E-state index is 13.2. The molecule has 3 unspecified atom stereocenters. The molecule has 2 aromatic rings. The summed E-state index contributed by atoms with van der Waals surface area (Å²) in [5.74, 6) is -0.388. The normalized spacial score (nSPS) is 30.0. The van der Waals surface area contributed by atoms with Crippen LogP contribution in [0.5, 0.6) is 0 Å². The van der Waals surface area contributed by atoms with Crippen LogP contribution in [0.4, 0.5) is 0 Å². The quantitative estimate of drug-likeness (QED) is 0.692. The number of hydrogen-bond acceptors (Lipinski definition) is 2.